The molecule has 2 aromatic carbocycles. The summed E-state index contributed by atoms with van der Waals surface area (Å²) in [5, 5.41) is 9.69. The lowest BCUT2D eigenvalue weighted by atomic mass is 10.2. The van der Waals surface area contributed by atoms with Crippen LogP contribution in [0.3, 0.4) is 0 Å². The molecule has 2 heterocycles. The van der Waals surface area contributed by atoms with E-state index in [4.69, 9.17) is 0 Å². The van der Waals surface area contributed by atoms with Crippen molar-refractivity contribution in [1.82, 2.24) is 24.3 Å². The standard InChI is InChI=1S/C19H16F3N5S/c1-26-12-15(10-23-26)28-24-11-17-16-4-2-3-5-18(16)27(25-17)14-8-6-13(7-9-14)19(20,21)22/h2-10,12,24H,11H2,1H3. The molecule has 0 saturated heterocycles. The second-order valence-corrected chi connectivity index (χ2v) is 7.16. The van der Waals surface area contributed by atoms with Gasteiger partial charge in [-0.05, 0) is 42.3 Å². The lowest BCUT2D eigenvalue weighted by molar-refractivity contribution is -0.137. The minimum absolute atomic E-state index is 0.494. The Bertz CT molecular complexity index is 1100. The van der Waals surface area contributed by atoms with Crippen molar-refractivity contribution in [2.45, 2.75) is 17.6 Å². The molecule has 5 nitrogen and oxygen atoms in total. The number of hydrogen-bond acceptors (Lipinski definition) is 4. The molecule has 9 heteroatoms. The summed E-state index contributed by atoms with van der Waals surface area (Å²) >= 11 is 1.45. The van der Waals surface area contributed by atoms with E-state index in [1.165, 1.54) is 24.1 Å². The third-order valence-corrected chi connectivity index (χ3v) is 4.95. The van der Waals surface area contributed by atoms with E-state index >= 15 is 0 Å². The van der Waals surface area contributed by atoms with Gasteiger partial charge >= 0.3 is 6.18 Å². The number of benzene rings is 2. The van der Waals surface area contributed by atoms with Crippen molar-refractivity contribution >= 4 is 22.9 Å². The summed E-state index contributed by atoms with van der Waals surface area (Å²) in [6, 6.07) is 12.7. The summed E-state index contributed by atoms with van der Waals surface area (Å²) in [7, 11) is 1.85. The molecule has 0 atom stereocenters. The Labute approximate surface area is 163 Å². The van der Waals surface area contributed by atoms with Crippen molar-refractivity contribution in [3.63, 3.8) is 0 Å². The molecule has 0 amide bonds. The molecule has 144 valence electrons. The first-order valence-corrected chi connectivity index (χ1v) is 9.26. The Morgan fingerprint density at radius 3 is 2.50 bits per heavy atom. The van der Waals surface area contributed by atoms with Gasteiger partial charge in [0.1, 0.15) is 0 Å². The summed E-state index contributed by atoms with van der Waals surface area (Å²) in [5.74, 6) is 0. The maximum Gasteiger partial charge on any atom is 0.416 e. The van der Waals surface area contributed by atoms with Gasteiger partial charge < -0.3 is 0 Å². The summed E-state index contributed by atoms with van der Waals surface area (Å²) in [5.41, 5.74) is 1.55. The average molecular weight is 403 g/mol. The predicted molar refractivity (Wildman–Crippen MR) is 102 cm³/mol. The molecule has 2 aromatic heterocycles. The third-order valence-electron chi connectivity index (χ3n) is 4.21. The van der Waals surface area contributed by atoms with Crippen LogP contribution >= 0.6 is 11.9 Å². The number of nitrogens with zero attached hydrogens (tertiary/aromatic N) is 4. The number of para-hydroxylation sites is 1. The van der Waals surface area contributed by atoms with E-state index in [2.05, 4.69) is 14.9 Å². The fraction of sp³-hybridized carbons (Fsp3) is 0.158. The smallest absolute Gasteiger partial charge is 0.275 e. The van der Waals surface area contributed by atoms with Gasteiger partial charge in [-0.15, -0.1) is 0 Å². The van der Waals surface area contributed by atoms with Crippen LogP contribution in [0.4, 0.5) is 13.2 Å². The largest absolute Gasteiger partial charge is 0.416 e. The first-order valence-electron chi connectivity index (χ1n) is 8.44. The number of hydrogen-bond donors (Lipinski definition) is 1. The molecule has 4 rings (SSSR count). The molecular weight excluding hydrogens is 387 g/mol. The Kier molecular flexibility index (Phi) is 4.86. The van der Waals surface area contributed by atoms with Gasteiger partial charge in [-0.2, -0.15) is 23.4 Å². The molecule has 0 unspecified atom stereocenters. The highest BCUT2D eigenvalue weighted by molar-refractivity contribution is 7.97. The van der Waals surface area contributed by atoms with Gasteiger partial charge in [0.25, 0.3) is 0 Å². The zero-order chi connectivity index (χ0) is 19.7. The Morgan fingerprint density at radius 2 is 1.82 bits per heavy atom. The van der Waals surface area contributed by atoms with E-state index in [9.17, 15) is 13.2 Å². The topological polar surface area (TPSA) is 47.7 Å². The van der Waals surface area contributed by atoms with Gasteiger partial charge in [0, 0.05) is 18.6 Å². The Balaban J connectivity index is 1.61. The first kappa shape index (κ1) is 18.6. The fourth-order valence-electron chi connectivity index (χ4n) is 2.89. The van der Waals surface area contributed by atoms with Crippen LogP contribution < -0.4 is 4.72 Å². The number of aromatic nitrogens is 4. The number of aryl methyl sites for hydroxylation is 1. The highest BCUT2D eigenvalue weighted by atomic mass is 32.2. The highest BCUT2D eigenvalue weighted by Gasteiger charge is 2.30. The molecule has 0 bridgehead atoms. The van der Waals surface area contributed by atoms with Crippen LogP contribution in [0, 0.1) is 0 Å². The third kappa shape index (κ3) is 3.76. The van der Waals surface area contributed by atoms with Crippen molar-refractivity contribution in [1.29, 1.82) is 0 Å². The van der Waals surface area contributed by atoms with Gasteiger partial charge in [-0.25, -0.2) is 4.68 Å². The van der Waals surface area contributed by atoms with Crippen molar-refractivity contribution in [2.24, 2.45) is 7.05 Å². The van der Waals surface area contributed by atoms with Crippen LogP contribution in [0.1, 0.15) is 11.3 Å². The van der Waals surface area contributed by atoms with Crippen molar-refractivity contribution in [2.75, 3.05) is 0 Å². The maximum atomic E-state index is 12.8. The van der Waals surface area contributed by atoms with E-state index < -0.39 is 11.7 Å². The van der Waals surface area contributed by atoms with Crippen molar-refractivity contribution < 1.29 is 13.2 Å². The quantitative estimate of drug-likeness (QED) is 0.496. The Hall–Kier alpha value is -2.78. The second kappa shape index (κ2) is 7.33. The number of alkyl halides is 3. The Morgan fingerprint density at radius 1 is 1.07 bits per heavy atom. The van der Waals surface area contributed by atoms with Crippen LogP contribution in [-0.4, -0.2) is 19.6 Å². The van der Waals surface area contributed by atoms with Crippen molar-refractivity contribution in [3.05, 3.63) is 72.2 Å². The van der Waals surface area contributed by atoms with E-state index in [1.54, 1.807) is 15.6 Å². The van der Waals surface area contributed by atoms with Gasteiger partial charge in [-0.3, -0.25) is 9.40 Å². The summed E-state index contributed by atoms with van der Waals surface area (Å²) < 4.78 is 45.1. The molecule has 1 N–H and O–H groups in total. The van der Waals surface area contributed by atoms with Gasteiger partial charge in [0.2, 0.25) is 0 Å². The molecule has 0 aliphatic carbocycles. The predicted octanol–water partition coefficient (Wildman–Crippen LogP) is 4.57. The number of halogens is 3. The normalized spacial score (nSPS) is 12.0. The number of fused-ring (bicyclic) bond motifs is 1. The van der Waals surface area contributed by atoms with Crippen LogP contribution in [0.5, 0.6) is 0 Å². The molecule has 0 radical (unpaired) electrons. The number of nitrogens with one attached hydrogen (secondary N) is 1. The average Bonchev–Trinajstić information content (AvgIpc) is 3.25. The zero-order valence-corrected chi connectivity index (χ0v) is 15.6. The van der Waals surface area contributed by atoms with Crippen LogP contribution in [0.25, 0.3) is 16.6 Å². The van der Waals surface area contributed by atoms with Gasteiger partial charge in [0.05, 0.1) is 40.1 Å². The van der Waals surface area contributed by atoms with E-state index in [1.807, 2.05) is 37.5 Å². The molecule has 0 fully saturated rings. The molecule has 0 aliphatic heterocycles. The van der Waals surface area contributed by atoms with E-state index in [0.717, 1.165) is 33.6 Å². The first-order chi connectivity index (χ1) is 13.4. The monoisotopic (exact) mass is 403 g/mol. The molecule has 0 spiro atoms. The fourth-order valence-corrected chi connectivity index (χ4v) is 3.57. The SMILES string of the molecule is Cn1cc(SNCc2nn(-c3ccc(C(F)(F)F)cc3)c3ccccc23)cn1. The van der Waals surface area contributed by atoms with Gasteiger partial charge in [-0.1, -0.05) is 18.2 Å². The van der Waals surface area contributed by atoms with Crippen LogP contribution in [-0.2, 0) is 19.8 Å². The second-order valence-electron chi connectivity index (χ2n) is 6.19. The lowest BCUT2D eigenvalue weighted by Gasteiger charge is -2.08. The summed E-state index contributed by atoms with van der Waals surface area (Å²) in [6.07, 6.45) is -0.698. The molecular formula is C19H16F3N5S. The van der Waals surface area contributed by atoms with Gasteiger partial charge in [0.15, 0.2) is 0 Å². The molecule has 0 saturated carbocycles. The summed E-state index contributed by atoms with van der Waals surface area (Å²) in [4.78, 5) is 0.981. The van der Waals surface area contributed by atoms with Crippen molar-refractivity contribution in [3.8, 4) is 5.69 Å². The number of rotatable bonds is 5. The minimum Gasteiger partial charge on any atom is -0.275 e. The molecule has 0 aliphatic rings. The zero-order valence-electron chi connectivity index (χ0n) is 14.8. The maximum absolute atomic E-state index is 12.8. The summed E-state index contributed by atoms with van der Waals surface area (Å²) in [6.45, 7) is 0.494. The molecule has 28 heavy (non-hydrogen) atoms. The highest BCUT2D eigenvalue weighted by Crippen LogP contribution is 2.30. The van der Waals surface area contributed by atoms with Crippen LogP contribution in [0.2, 0.25) is 0 Å². The molecule has 4 aromatic rings. The van der Waals surface area contributed by atoms with E-state index in [-0.39, 0.29) is 0 Å². The lowest BCUT2D eigenvalue weighted by Crippen LogP contribution is -2.06. The minimum atomic E-state index is -4.36. The van der Waals surface area contributed by atoms with Crippen LogP contribution in [0.15, 0.2) is 65.8 Å². The van der Waals surface area contributed by atoms with E-state index in [0.29, 0.717) is 12.2 Å².